The normalized spacial score (nSPS) is 14.4. The molecule has 0 saturated carbocycles. The number of anilines is 1. The van der Waals surface area contributed by atoms with Crippen LogP contribution in [0.5, 0.6) is 0 Å². The highest BCUT2D eigenvalue weighted by Crippen LogP contribution is 2.19. The Kier molecular flexibility index (Phi) is 4.71. The van der Waals surface area contributed by atoms with Crippen molar-refractivity contribution in [2.45, 2.75) is 0 Å². The number of nitro groups is 1. The van der Waals surface area contributed by atoms with Gasteiger partial charge in [0.05, 0.1) is 17.2 Å². The van der Waals surface area contributed by atoms with Crippen molar-refractivity contribution in [2.24, 2.45) is 4.99 Å². The summed E-state index contributed by atoms with van der Waals surface area (Å²) in [6, 6.07) is 12.8. The Labute approximate surface area is 144 Å². The van der Waals surface area contributed by atoms with E-state index in [-0.39, 0.29) is 11.6 Å². The third-order valence-corrected chi connectivity index (χ3v) is 3.77. The topological polar surface area (TPSA) is 99.9 Å². The second kappa shape index (κ2) is 7.10. The van der Waals surface area contributed by atoms with Gasteiger partial charge in [-0.15, -0.1) is 0 Å². The molecular formula is C17H17N5O3. The van der Waals surface area contributed by atoms with Gasteiger partial charge in [-0.2, -0.15) is 0 Å². The van der Waals surface area contributed by atoms with Crippen molar-refractivity contribution in [1.82, 2.24) is 10.4 Å². The molecule has 0 unspecified atom stereocenters. The summed E-state index contributed by atoms with van der Waals surface area (Å²) in [5.41, 5.74) is 4.85. The first-order valence-electron chi connectivity index (χ1n) is 7.72. The number of carbonyl (C=O) groups is 1. The van der Waals surface area contributed by atoms with Crippen LogP contribution in [0.1, 0.15) is 15.9 Å². The molecule has 8 heteroatoms. The zero-order chi connectivity index (χ0) is 17.8. The number of nitrogens with zero attached hydrogens (tertiary/aromatic N) is 3. The third kappa shape index (κ3) is 3.81. The number of rotatable bonds is 4. The summed E-state index contributed by atoms with van der Waals surface area (Å²) in [4.78, 5) is 27.1. The Balaban J connectivity index is 1.82. The first-order valence-corrected chi connectivity index (χ1v) is 7.72. The van der Waals surface area contributed by atoms with E-state index in [9.17, 15) is 14.9 Å². The molecule has 8 nitrogen and oxygen atoms in total. The van der Waals surface area contributed by atoms with E-state index >= 15 is 0 Å². The molecule has 0 bridgehead atoms. The lowest BCUT2D eigenvalue weighted by atomic mass is 10.1. The predicted octanol–water partition coefficient (Wildman–Crippen LogP) is 2.04. The summed E-state index contributed by atoms with van der Waals surface area (Å²) in [7, 11) is 1.92. The van der Waals surface area contributed by atoms with Crippen LogP contribution in [0.4, 0.5) is 11.4 Å². The Morgan fingerprint density at radius 2 is 1.96 bits per heavy atom. The lowest BCUT2D eigenvalue weighted by molar-refractivity contribution is -0.384. The SMILES string of the molecule is CN1CCN=C(c2ccccc2NC(=O)c2ccc([N+](=O)[O-])cc2)N1. The standard InChI is InChI=1S/C17H17N5O3/c1-21-11-10-18-16(20-21)14-4-2-3-5-15(14)19-17(23)12-6-8-13(9-7-12)22(24)25/h2-9H,10-11H2,1H3,(H,18,20)(H,19,23). The molecule has 1 aliphatic heterocycles. The highest BCUT2D eigenvalue weighted by Gasteiger charge is 2.16. The monoisotopic (exact) mass is 339 g/mol. The molecule has 1 amide bonds. The fraction of sp³-hybridized carbons (Fsp3) is 0.176. The second-order valence-electron chi connectivity index (χ2n) is 5.57. The van der Waals surface area contributed by atoms with Gasteiger partial charge >= 0.3 is 0 Å². The molecule has 0 atom stereocenters. The summed E-state index contributed by atoms with van der Waals surface area (Å²) in [5.74, 6) is 0.348. The Morgan fingerprint density at radius 1 is 1.24 bits per heavy atom. The van der Waals surface area contributed by atoms with Gasteiger partial charge in [-0.25, -0.2) is 5.01 Å². The molecule has 3 rings (SSSR count). The minimum atomic E-state index is -0.500. The lowest BCUT2D eigenvalue weighted by Crippen LogP contribution is -2.45. The molecule has 2 N–H and O–H groups in total. The minimum Gasteiger partial charge on any atom is -0.321 e. The summed E-state index contributed by atoms with van der Waals surface area (Å²) >= 11 is 0. The van der Waals surface area contributed by atoms with Gasteiger partial charge in [0.2, 0.25) is 0 Å². The maximum absolute atomic E-state index is 12.4. The number of hydrogen-bond donors (Lipinski definition) is 2. The predicted molar refractivity (Wildman–Crippen MR) is 94.7 cm³/mol. The number of nitrogens with one attached hydrogen (secondary N) is 2. The zero-order valence-corrected chi connectivity index (χ0v) is 13.6. The van der Waals surface area contributed by atoms with Crippen molar-refractivity contribution >= 4 is 23.1 Å². The molecule has 2 aromatic carbocycles. The molecule has 0 aromatic heterocycles. The number of likely N-dealkylation sites (N-methyl/N-ethyl adjacent to an activating group) is 1. The average Bonchev–Trinajstić information content (AvgIpc) is 2.62. The molecule has 0 saturated heterocycles. The van der Waals surface area contributed by atoms with E-state index in [1.165, 1.54) is 24.3 Å². The largest absolute Gasteiger partial charge is 0.321 e. The van der Waals surface area contributed by atoms with Crippen molar-refractivity contribution in [3.05, 3.63) is 69.8 Å². The van der Waals surface area contributed by atoms with Crippen LogP contribution in [-0.4, -0.2) is 41.8 Å². The number of para-hydroxylation sites is 1. The van der Waals surface area contributed by atoms with Crippen molar-refractivity contribution in [3.63, 3.8) is 0 Å². The van der Waals surface area contributed by atoms with Crippen LogP contribution >= 0.6 is 0 Å². The van der Waals surface area contributed by atoms with Crippen LogP contribution in [0.25, 0.3) is 0 Å². The van der Waals surface area contributed by atoms with Crippen LogP contribution in [-0.2, 0) is 0 Å². The molecule has 0 spiro atoms. The molecule has 0 aliphatic carbocycles. The summed E-state index contributed by atoms with van der Waals surface area (Å²) in [6.07, 6.45) is 0. The highest BCUT2D eigenvalue weighted by atomic mass is 16.6. The maximum atomic E-state index is 12.4. The van der Waals surface area contributed by atoms with Gasteiger partial charge in [0.25, 0.3) is 11.6 Å². The number of carbonyl (C=O) groups excluding carboxylic acids is 1. The Morgan fingerprint density at radius 3 is 2.64 bits per heavy atom. The third-order valence-electron chi connectivity index (χ3n) is 3.77. The summed E-state index contributed by atoms with van der Waals surface area (Å²) < 4.78 is 0. The van der Waals surface area contributed by atoms with Crippen LogP contribution in [0.15, 0.2) is 53.5 Å². The lowest BCUT2D eigenvalue weighted by Gasteiger charge is -2.25. The quantitative estimate of drug-likeness (QED) is 0.656. The van der Waals surface area contributed by atoms with Crippen molar-refractivity contribution in [3.8, 4) is 0 Å². The summed E-state index contributed by atoms with van der Waals surface area (Å²) in [5, 5.41) is 15.5. The van der Waals surface area contributed by atoms with Gasteiger partial charge in [-0.1, -0.05) is 12.1 Å². The van der Waals surface area contributed by atoms with E-state index in [2.05, 4.69) is 15.7 Å². The molecule has 128 valence electrons. The van der Waals surface area contributed by atoms with Crippen LogP contribution in [0.3, 0.4) is 0 Å². The van der Waals surface area contributed by atoms with Crippen molar-refractivity contribution in [2.75, 3.05) is 25.5 Å². The molecular weight excluding hydrogens is 322 g/mol. The summed E-state index contributed by atoms with van der Waals surface area (Å²) in [6.45, 7) is 1.48. The zero-order valence-electron chi connectivity index (χ0n) is 13.6. The van der Waals surface area contributed by atoms with Gasteiger partial charge in [-0.05, 0) is 24.3 Å². The van der Waals surface area contributed by atoms with Crippen molar-refractivity contribution in [1.29, 1.82) is 0 Å². The number of non-ortho nitro benzene ring substituents is 1. The average molecular weight is 339 g/mol. The van der Waals surface area contributed by atoms with E-state index in [0.717, 1.165) is 12.1 Å². The Hall–Kier alpha value is -3.26. The van der Waals surface area contributed by atoms with Crippen LogP contribution < -0.4 is 10.7 Å². The number of amidine groups is 1. The second-order valence-corrected chi connectivity index (χ2v) is 5.57. The van der Waals surface area contributed by atoms with Gasteiger partial charge < -0.3 is 10.7 Å². The number of hydrogen-bond acceptors (Lipinski definition) is 6. The van der Waals surface area contributed by atoms with E-state index in [1.54, 1.807) is 6.07 Å². The van der Waals surface area contributed by atoms with Crippen LogP contribution in [0.2, 0.25) is 0 Å². The molecule has 0 fully saturated rings. The smallest absolute Gasteiger partial charge is 0.269 e. The fourth-order valence-corrected chi connectivity index (χ4v) is 2.46. The molecule has 1 heterocycles. The molecule has 25 heavy (non-hydrogen) atoms. The van der Waals surface area contributed by atoms with Crippen LogP contribution in [0, 0.1) is 10.1 Å². The number of hydrazine groups is 1. The van der Waals surface area contributed by atoms with Gasteiger partial charge in [-0.3, -0.25) is 19.9 Å². The number of aliphatic imine (C=N–C) groups is 1. The first-order chi connectivity index (χ1) is 12.0. The highest BCUT2D eigenvalue weighted by molar-refractivity contribution is 6.10. The van der Waals surface area contributed by atoms with E-state index in [1.807, 2.05) is 30.3 Å². The van der Waals surface area contributed by atoms with Gasteiger partial charge in [0.1, 0.15) is 5.84 Å². The first kappa shape index (κ1) is 16.6. The van der Waals surface area contributed by atoms with Gasteiger partial charge in [0, 0.05) is 36.9 Å². The van der Waals surface area contributed by atoms with E-state index in [4.69, 9.17) is 0 Å². The molecule has 0 radical (unpaired) electrons. The molecule has 2 aromatic rings. The minimum absolute atomic E-state index is 0.0549. The fourth-order valence-electron chi connectivity index (χ4n) is 2.46. The van der Waals surface area contributed by atoms with E-state index < -0.39 is 4.92 Å². The number of amides is 1. The van der Waals surface area contributed by atoms with E-state index in [0.29, 0.717) is 23.6 Å². The number of nitro benzene ring substituents is 1. The Bertz CT molecular complexity index is 832. The van der Waals surface area contributed by atoms with Gasteiger partial charge in [0.15, 0.2) is 0 Å². The van der Waals surface area contributed by atoms with Crippen molar-refractivity contribution < 1.29 is 9.72 Å². The maximum Gasteiger partial charge on any atom is 0.269 e. The number of benzene rings is 2. The molecule has 1 aliphatic rings.